The lowest BCUT2D eigenvalue weighted by Crippen LogP contribution is -2.47. The topological polar surface area (TPSA) is 50.8 Å². The summed E-state index contributed by atoms with van der Waals surface area (Å²) in [5.41, 5.74) is 5.88. The lowest BCUT2D eigenvalue weighted by molar-refractivity contribution is 0.0171. The van der Waals surface area contributed by atoms with Crippen LogP contribution in [0.3, 0.4) is 0 Å². The number of nitrogens with two attached hydrogens (primary N) is 1. The molecular formula is C11H21N3O. The molecule has 0 radical (unpaired) electrons. The largest absolute Gasteiger partial charge is 0.373 e. The summed E-state index contributed by atoms with van der Waals surface area (Å²) in [6.07, 6.45) is 4.15. The highest BCUT2D eigenvalue weighted by Crippen LogP contribution is 2.26. The van der Waals surface area contributed by atoms with Gasteiger partial charge in [0, 0.05) is 6.54 Å². The zero-order valence-corrected chi connectivity index (χ0v) is 9.65. The van der Waals surface area contributed by atoms with Crippen molar-refractivity contribution in [3.8, 4) is 0 Å². The molecular weight excluding hydrogens is 190 g/mol. The van der Waals surface area contributed by atoms with Gasteiger partial charge in [-0.3, -0.25) is 4.99 Å². The Morgan fingerprint density at radius 3 is 2.93 bits per heavy atom. The number of aliphatic imine (C=N–C) groups is 1. The Kier molecular flexibility index (Phi) is 3.14. The highest BCUT2D eigenvalue weighted by molar-refractivity contribution is 5.80. The van der Waals surface area contributed by atoms with E-state index in [0.29, 0.717) is 24.2 Å². The molecule has 2 rings (SSSR count). The predicted molar refractivity (Wildman–Crippen MR) is 60.8 cm³/mol. The summed E-state index contributed by atoms with van der Waals surface area (Å²) in [6, 6.07) is 0.384. The molecule has 0 aliphatic carbocycles. The summed E-state index contributed by atoms with van der Waals surface area (Å²) in [7, 11) is 0. The normalized spacial score (nSPS) is 36.0. The van der Waals surface area contributed by atoms with E-state index in [-0.39, 0.29) is 0 Å². The minimum Gasteiger partial charge on any atom is -0.373 e. The van der Waals surface area contributed by atoms with E-state index in [9.17, 15) is 0 Å². The summed E-state index contributed by atoms with van der Waals surface area (Å²) < 4.78 is 5.90. The van der Waals surface area contributed by atoms with Crippen molar-refractivity contribution in [2.45, 2.75) is 51.4 Å². The number of hydrogen-bond donors (Lipinski definition) is 1. The monoisotopic (exact) mass is 211 g/mol. The molecule has 0 amide bonds. The Balaban J connectivity index is 1.97. The van der Waals surface area contributed by atoms with Crippen molar-refractivity contribution in [1.29, 1.82) is 0 Å². The first-order valence-corrected chi connectivity index (χ1v) is 5.94. The molecule has 4 heteroatoms. The van der Waals surface area contributed by atoms with Gasteiger partial charge in [-0.2, -0.15) is 0 Å². The smallest absolute Gasteiger partial charge is 0.191 e. The van der Waals surface area contributed by atoms with Gasteiger partial charge in [0.25, 0.3) is 0 Å². The quantitative estimate of drug-likeness (QED) is 0.756. The standard InChI is InChI=1S/C11H21N3O/c1-3-6-14-9(7-13-11(14)12)10-5-4-8(2)15-10/h8-10H,3-7H2,1-2H3,(H2,12,13). The summed E-state index contributed by atoms with van der Waals surface area (Å²) in [6.45, 7) is 6.11. The summed E-state index contributed by atoms with van der Waals surface area (Å²) in [4.78, 5) is 6.54. The molecule has 3 unspecified atom stereocenters. The molecule has 0 bridgehead atoms. The maximum Gasteiger partial charge on any atom is 0.191 e. The van der Waals surface area contributed by atoms with E-state index in [0.717, 1.165) is 25.9 Å². The van der Waals surface area contributed by atoms with Gasteiger partial charge >= 0.3 is 0 Å². The van der Waals surface area contributed by atoms with Crippen LogP contribution in [0.25, 0.3) is 0 Å². The Morgan fingerprint density at radius 2 is 2.33 bits per heavy atom. The van der Waals surface area contributed by atoms with Gasteiger partial charge in [-0.05, 0) is 26.2 Å². The maximum absolute atomic E-state index is 5.90. The van der Waals surface area contributed by atoms with Crippen LogP contribution in [-0.2, 0) is 4.74 Å². The lowest BCUT2D eigenvalue weighted by atomic mass is 10.1. The second-order valence-electron chi connectivity index (χ2n) is 4.52. The first-order valence-electron chi connectivity index (χ1n) is 5.94. The van der Waals surface area contributed by atoms with E-state index >= 15 is 0 Å². The molecule has 4 nitrogen and oxygen atoms in total. The minimum absolute atomic E-state index is 0.330. The van der Waals surface area contributed by atoms with E-state index in [2.05, 4.69) is 23.7 Å². The zero-order valence-electron chi connectivity index (χ0n) is 9.65. The molecule has 2 heterocycles. The van der Waals surface area contributed by atoms with E-state index in [1.807, 2.05) is 0 Å². The molecule has 0 saturated carbocycles. The molecule has 3 atom stereocenters. The van der Waals surface area contributed by atoms with Crippen LogP contribution in [0, 0.1) is 0 Å². The molecule has 86 valence electrons. The van der Waals surface area contributed by atoms with Crippen LogP contribution in [0.1, 0.15) is 33.1 Å². The Morgan fingerprint density at radius 1 is 1.53 bits per heavy atom. The second kappa shape index (κ2) is 4.39. The van der Waals surface area contributed by atoms with Gasteiger partial charge in [0.15, 0.2) is 5.96 Å². The third-order valence-corrected chi connectivity index (χ3v) is 3.29. The van der Waals surface area contributed by atoms with Crippen molar-refractivity contribution < 1.29 is 4.74 Å². The zero-order chi connectivity index (χ0) is 10.8. The lowest BCUT2D eigenvalue weighted by Gasteiger charge is -2.29. The van der Waals surface area contributed by atoms with Gasteiger partial charge in [-0.25, -0.2) is 0 Å². The number of nitrogens with zero attached hydrogens (tertiary/aromatic N) is 2. The number of hydrogen-bond acceptors (Lipinski definition) is 4. The first-order chi connectivity index (χ1) is 7.22. The van der Waals surface area contributed by atoms with Crippen LogP contribution in [0.4, 0.5) is 0 Å². The molecule has 15 heavy (non-hydrogen) atoms. The van der Waals surface area contributed by atoms with Gasteiger partial charge in [-0.15, -0.1) is 0 Å². The van der Waals surface area contributed by atoms with Crippen LogP contribution in [0.5, 0.6) is 0 Å². The Hall–Kier alpha value is -0.770. The van der Waals surface area contributed by atoms with Crippen molar-refractivity contribution in [3.63, 3.8) is 0 Å². The molecule has 1 saturated heterocycles. The summed E-state index contributed by atoms with van der Waals surface area (Å²) in [5, 5.41) is 0. The van der Waals surface area contributed by atoms with Crippen molar-refractivity contribution in [1.82, 2.24) is 4.90 Å². The molecule has 2 aliphatic rings. The van der Waals surface area contributed by atoms with Gasteiger partial charge in [0.2, 0.25) is 0 Å². The molecule has 0 aromatic carbocycles. The third kappa shape index (κ3) is 2.09. The van der Waals surface area contributed by atoms with Crippen molar-refractivity contribution in [2.24, 2.45) is 10.7 Å². The van der Waals surface area contributed by atoms with E-state index in [1.165, 1.54) is 6.42 Å². The Labute approximate surface area is 91.5 Å². The first kappa shape index (κ1) is 10.7. The molecule has 2 aliphatic heterocycles. The van der Waals surface area contributed by atoms with Crippen molar-refractivity contribution >= 4 is 5.96 Å². The van der Waals surface area contributed by atoms with Crippen LogP contribution in [0.2, 0.25) is 0 Å². The van der Waals surface area contributed by atoms with Crippen LogP contribution >= 0.6 is 0 Å². The van der Waals surface area contributed by atoms with Crippen LogP contribution in [0.15, 0.2) is 4.99 Å². The van der Waals surface area contributed by atoms with Gasteiger partial charge in [0.05, 0.1) is 24.8 Å². The van der Waals surface area contributed by atoms with Gasteiger partial charge in [-0.1, -0.05) is 6.92 Å². The molecule has 0 aromatic heterocycles. The second-order valence-corrected chi connectivity index (χ2v) is 4.52. The van der Waals surface area contributed by atoms with E-state index < -0.39 is 0 Å². The highest BCUT2D eigenvalue weighted by atomic mass is 16.5. The molecule has 1 fully saturated rings. The fourth-order valence-corrected chi connectivity index (χ4v) is 2.50. The molecule has 0 aromatic rings. The van der Waals surface area contributed by atoms with E-state index in [1.54, 1.807) is 0 Å². The average molecular weight is 211 g/mol. The number of ether oxygens (including phenoxy) is 1. The van der Waals surface area contributed by atoms with Crippen molar-refractivity contribution in [3.05, 3.63) is 0 Å². The summed E-state index contributed by atoms with van der Waals surface area (Å²) in [5.74, 6) is 0.699. The predicted octanol–water partition coefficient (Wildman–Crippen LogP) is 0.963. The molecule has 2 N–H and O–H groups in total. The number of guanidine groups is 1. The fraction of sp³-hybridized carbons (Fsp3) is 0.909. The van der Waals surface area contributed by atoms with Gasteiger partial charge in [0.1, 0.15) is 0 Å². The van der Waals surface area contributed by atoms with Crippen LogP contribution in [-0.4, -0.2) is 42.2 Å². The molecule has 0 spiro atoms. The maximum atomic E-state index is 5.90. The minimum atomic E-state index is 0.330. The van der Waals surface area contributed by atoms with E-state index in [4.69, 9.17) is 10.5 Å². The summed E-state index contributed by atoms with van der Waals surface area (Å²) >= 11 is 0. The van der Waals surface area contributed by atoms with Gasteiger partial charge < -0.3 is 15.4 Å². The third-order valence-electron chi connectivity index (χ3n) is 3.29. The fourth-order valence-electron chi connectivity index (χ4n) is 2.50. The highest BCUT2D eigenvalue weighted by Gasteiger charge is 2.36. The number of rotatable bonds is 3. The average Bonchev–Trinajstić information content (AvgIpc) is 2.76. The Bertz CT molecular complexity index is 254. The van der Waals surface area contributed by atoms with Crippen molar-refractivity contribution in [2.75, 3.05) is 13.1 Å². The SMILES string of the molecule is CCCN1C(N)=NCC1C1CCC(C)O1. The van der Waals surface area contributed by atoms with Crippen LogP contribution < -0.4 is 5.73 Å².